The van der Waals surface area contributed by atoms with E-state index in [1.54, 1.807) is 6.07 Å². The van der Waals surface area contributed by atoms with E-state index in [1.807, 2.05) is 24.3 Å². The number of benzene rings is 2. The Kier molecular flexibility index (Phi) is 4.01. The van der Waals surface area contributed by atoms with Gasteiger partial charge in [0.1, 0.15) is 23.8 Å². The molecule has 1 aliphatic heterocycles. The minimum absolute atomic E-state index is 0.0830. The van der Waals surface area contributed by atoms with Crippen LogP contribution in [0.4, 0.5) is 10.1 Å². The maximum atomic E-state index is 13.7. The van der Waals surface area contributed by atoms with Crippen LogP contribution in [-0.4, -0.2) is 33.5 Å². The number of hydrogen-bond donors (Lipinski definition) is 2. The lowest BCUT2D eigenvalue weighted by molar-refractivity contribution is 0.163. The standard InChI is InChI=1S/C18H13BrFN3O2/c19-7-8-25-23-16-11-3-1-2-4-13(11)21-17(16)15-12-9-10(20)5-6-14(12)22-18(15)24/h1-6,9,22,24H,7-8H2/b23-16+. The SMILES string of the molecule is Oc1[nH]c2ccc(F)cc2c1C1=Nc2ccccc2/C1=N\OCCBr. The van der Waals surface area contributed by atoms with Crippen LogP contribution in [0.3, 0.4) is 0 Å². The topological polar surface area (TPSA) is 70.0 Å². The number of rotatable bonds is 4. The van der Waals surface area contributed by atoms with Gasteiger partial charge in [-0.25, -0.2) is 9.38 Å². The van der Waals surface area contributed by atoms with Crippen LogP contribution in [-0.2, 0) is 4.84 Å². The molecule has 25 heavy (non-hydrogen) atoms. The summed E-state index contributed by atoms with van der Waals surface area (Å²) in [5.41, 5.74) is 3.52. The first-order chi connectivity index (χ1) is 12.2. The molecule has 0 atom stereocenters. The van der Waals surface area contributed by atoms with Gasteiger partial charge in [-0.2, -0.15) is 0 Å². The number of fused-ring (bicyclic) bond motifs is 2. The summed E-state index contributed by atoms with van der Waals surface area (Å²) in [6.07, 6.45) is 0. The molecule has 0 bridgehead atoms. The fraction of sp³-hybridized carbons (Fsp3) is 0.111. The van der Waals surface area contributed by atoms with Crippen molar-refractivity contribution in [2.75, 3.05) is 11.9 Å². The van der Waals surface area contributed by atoms with Crippen molar-refractivity contribution in [1.82, 2.24) is 4.98 Å². The second-order valence-corrected chi connectivity index (χ2v) is 6.27. The Hall–Kier alpha value is -2.67. The van der Waals surface area contributed by atoms with Gasteiger partial charge in [-0.15, -0.1) is 0 Å². The zero-order chi connectivity index (χ0) is 17.4. The summed E-state index contributed by atoms with van der Waals surface area (Å²) >= 11 is 3.29. The molecular formula is C18H13BrFN3O2. The number of oxime groups is 1. The predicted octanol–water partition coefficient (Wildman–Crippen LogP) is 4.26. The first-order valence-corrected chi connectivity index (χ1v) is 8.76. The molecule has 5 nitrogen and oxygen atoms in total. The van der Waals surface area contributed by atoms with E-state index in [-0.39, 0.29) is 5.88 Å². The van der Waals surface area contributed by atoms with Crippen molar-refractivity contribution in [1.29, 1.82) is 0 Å². The summed E-state index contributed by atoms with van der Waals surface area (Å²) in [6.45, 7) is 0.396. The lowest BCUT2D eigenvalue weighted by Crippen LogP contribution is -2.13. The molecule has 1 aromatic heterocycles. The molecule has 0 fully saturated rings. The number of aliphatic imine (C=N–C) groups is 1. The Bertz CT molecular complexity index is 1030. The Morgan fingerprint density at radius 2 is 2.08 bits per heavy atom. The average Bonchev–Trinajstić information content (AvgIpc) is 3.11. The molecule has 0 aliphatic carbocycles. The maximum absolute atomic E-state index is 13.7. The summed E-state index contributed by atoms with van der Waals surface area (Å²) in [6, 6.07) is 11.8. The van der Waals surface area contributed by atoms with Gasteiger partial charge in [0.05, 0.1) is 11.3 Å². The molecule has 4 rings (SSSR count). The lowest BCUT2D eigenvalue weighted by Gasteiger charge is -2.04. The summed E-state index contributed by atoms with van der Waals surface area (Å²) in [7, 11) is 0. The van der Waals surface area contributed by atoms with Crippen LogP contribution >= 0.6 is 15.9 Å². The maximum Gasteiger partial charge on any atom is 0.199 e. The molecule has 2 heterocycles. The monoisotopic (exact) mass is 401 g/mol. The van der Waals surface area contributed by atoms with E-state index in [0.29, 0.717) is 39.8 Å². The van der Waals surface area contributed by atoms with Crippen molar-refractivity contribution in [2.24, 2.45) is 10.1 Å². The third-order valence-electron chi connectivity index (χ3n) is 3.92. The number of para-hydroxylation sites is 1. The molecular weight excluding hydrogens is 389 g/mol. The highest BCUT2D eigenvalue weighted by Gasteiger charge is 2.29. The van der Waals surface area contributed by atoms with Crippen LogP contribution < -0.4 is 0 Å². The molecule has 0 saturated heterocycles. The van der Waals surface area contributed by atoms with Gasteiger partial charge in [-0.05, 0) is 24.3 Å². The van der Waals surface area contributed by atoms with Gasteiger partial charge in [0.15, 0.2) is 5.88 Å². The van der Waals surface area contributed by atoms with Crippen LogP contribution in [0.5, 0.6) is 5.88 Å². The van der Waals surface area contributed by atoms with E-state index >= 15 is 0 Å². The van der Waals surface area contributed by atoms with Gasteiger partial charge in [0.2, 0.25) is 0 Å². The Morgan fingerprint density at radius 3 is 2.92 bits per heavy atom. The lowest BCUT2D eigenvalue weighted by atomic mass is 10.0. The third-order valence-corrected chi connectivity index (χ3v) is 4.24. The summed E-state index contributed by atoms with van der Waals surface area (Å²) in [4.78, 5) is 12.8. The number of aromatic amines is 1. The Labute approximate surface area is 151 Å². The summed E-state index contributed by atoms with van der Waals surface area (Å²) < 4.78 is 13.7. The molecule has 126 valence electrons. The zero-order valence-electron chi connectivity index (χ0n) is 13.0. The predicted molar refractivity (Wildman–Crippen MR) is 98.8 cm³/mol. The van der Waals surface area contributed by atoms with Crippen molar-refractivity contribution in [3.05, 3.63) is 59.4 Å². The van der Waals surface area contributed by atoms with Crippen LogP contribution in [0.15, 0.2) is 52.6 Å². The van der Waals surface area contributed by atoms with Crippen molar-refractivity contribution in [3.63, 3.8) is 0 Å². The van der Waals surface area contributed by atoms with Gasteiger partial charge < -0.3 is 14.9 Å². The number of nitrogens with one attached hydrogen (secondary N) is 1. The smallest absolute Gasteiger partial charge is 0.199 e. The Morgan fingerprint density at radius 1 is 1.24 bits per heavy atom. The molecule has 2 aromatic carbocycles. The largest absolute Gasteiger partial charge is 0.494 e. The highest BCUT2D eigenvalue weighted by Crippen LogP contribution is 2.35. The minimum atomic E-state index is -0.391. The van der Waals surface area contributed by atoms with Gasteiger partial charge in [0.25, 0.3) is 0 Å². The normalized spacial score (nSPS) is 14.8. The molecule has 0 spiro atoms. The molecule has 1 aliphatic rings. The minimum Gasteiger partial charge on any atom is -0.494 e. The first-order valence-electron chi connectivity index (χ1n) is 7.64. The van der Waals surface area contributed by atoms with E-state index < -0.39 is 5.82 Å². The van der Waals surface area contributed by atoms with Crippen molar-refractivity contribution < 1.29 is 14.3 Å². The van der Waals surface area contributed by atoms with Gasteiger partial charge in [-0.3, -0.25) is 0 Å². The number of hydrogen-bond acceptors (Lipinski definition) is 4. The summed E-state index contributed by atoms with van der Waals surface area (Å²) in [5.74, 6) is -0.474. The highest BCUT2D eigenvalue weighted by molar-refractivity contribution is 9.09. The van der Waals surface area contributed by atoms with Crippen LogP contribution in [0.1, 0.15) is 11.1 Å². The molecule has 3 aromatic rings. The van der Waals surface area contributed by atoms with Gasteiger partial charge in [0, 0.05) is 21.8 Å². The fourth-order valence-corrected chi connectivity index (χ4v) is 3.02. The van der Waals surface area contributed by atoms with E-state index in [9.17, 15) is 9.50 Å². The van der Waals surface area contributed by atoms with Gasteiger partial charge >= 0.3 is 0 Å². The molecule has 0 radical (unpaired) electrons. The Balaban J connectivity index is 1.91. The fourth-order valence-electron chi connectivity index (χ4n) is 2.87. The van der Waals surface area contributed by atoms with Crippen LogP contribution in [0.25, 0.3) is 10.9 Å². The van der Waals surface area contributed by atoms with E-state index in [4.69, 9.17) is 4.84 Å². The molecule has 2 N–H and O–H groups in total. The molecule has 7 heteroatoms. The van der Waals surface area contributed by atoms with E-state index in [1.165, 1.54) is 12.1 Å². The van der Waals surface area contributed by atoms with Gasteiger partial charge in [-0.1, -0.05) is 39.3 Å². The molecule has 0 saturated carbocycles. The van der Waals surface area contributed by atoms with Crippen molar-refractivity contribution in [2.45, 2.75) is 0 Å². The second-order valence-electron chi connectivity index (χ2n) is 5.48. The number of nitrogens with zero attached hydrogens (tertiary/aromatic N) is 2. The zero-order valence-corrected chi connectivity index (χ0v) is 14.5. The van der Waals surface area contributed by atoms with Crippen molar-refractivity contribution in [3.8, 4) is 5.88 Å². The summed E-state index contributed by atoms with van der Waals surface area (Å²) in [5, 5.41) is 15.8. The highest BCUT2D eigenvalue weighted by atomic mass is 79.9. The quantitative estimate of drug-likeness (QED) is 0.389. The number of alkyl halides is 1. The van der Waals surface area contributed by atoms with Crippen molar-refractivity contribution >= 4 is 43.9 Å². The van der Waals surface area contributed by atoms with Crippen LogP contribution in [0, 0.1) is 5.82 Å². The number of aromatic nitrogens is 1. The van der Waals surface area contributed by atoms with E-state index in [2.05, 4.69) is 31.1 Å². The van der Waals surface area contributed by atoms with Crippen LogP contribution in [0.2, 0.25) is 0 Å². The average molecular weight is 402 g/mol. The van der Waals surface area contributed by atoms with E-state index in [0.717, 1.165) is 11.3 Å². The second kappa shape index (κ2) is 6.33. The molecule has 0 unspecified atom stereocenters. The number of halogens is 2. The number of aromatic hydroxyl groups is 1. The third kappa shape index (κ3) is 2.70. The first kappa shape index (κ1) is 15.8. The molecule has 0 amide bonds. The number of H-pyrrole nitrogens is 1.